The molecule has 0 aromatic heterocycles. The highest BCUT2D eigenvalue weighted by molar-refractivity contribution is 9.10. The van der Waals surface area contributed by atoms with E-state index in [0.717, 1.165) is 0 Å². The van der Waals surface area contributed by atoms with E-state index >= 15 is 0 Å². The molecule has 1 aromatic rings. The standard InChI is InChI=1S/C7H5BrClFO/c8-5-1-4(3-11)2-6(10)7(5)9/h1-2,11H,3H2. The van der Waals surface area contributed by atoms with Gasteiger partial charge in [-0.3, -0.25) is 0 Å². The second-order valence-electron chi connectivity index (χ2n) is 2.03. The molecule has 0 bridgehead atoms. The van der Waals surface area contributed by atoms with Crippen LogP contribution in [0.2, 0.25) is 5.02 Å². The van der Waals surface area contributed by atoms with Crippen molar-refractivity contribution < 1.29 is 9.50 Å². The molecule has 0 aliphatic carbocycles. The van der Waals surface area contributed by atoms with Gasteiger partial charge in [0.1, 0.15) is 5.82 Å². The number of halogens is 3. The van der Waals surface area contributed by atoms with Gasteiger partial charge in [-0.05, 0) is 33.6 Å². The van der Waals surface area contributed by atoms with Crippen LogP contribution in [0.3, 0.4) is 0 Å². The molecule has 0 aliphatic rings. The zero-order valence-corrected chi connectivity index (χ0v) is 7.78. The summed E-state index contributed by atoms with van der Waals surface area (Å²) in [6.07, 6.45) is 0. The quantitative estimate of drug-likeness (QED) is 0.747. The Bertz CT molecular complexity index is 254. The fourth-order valence-electron chi connectivity index (χ4n) is 0.699. The van der Waals surface area contributed by atoms with Crippen LogP contribution in [-0.4, -0.2) is 5.11 Å². The maximum absolute atomic E-state index is 12.8. The van der Waals surface area contributed by atoms with E-state index in [-0.39, 0.29) is 11.6 Å². The second-order valence-corrected chi connectivity index (χ2v) is 3.26. The lowest BCUT2D eigenvalue weighted by Gasteiger charge is -2.00. The molecule has 0 saturated carbocycles. The third-order valence-corrected chi connectivity index (χ3v) is 2.46. The normalized spacial score (nSPS) is 10.2. The topological polar surface area (TPSA) is 20.2 Å². The molecule has 0 heterocycles. The van der Waals surface area contributed by atoms with Gasteiger partial charge in [-0.1, -0.05) is 11.6 Å². The van der Waals surface area contributed by atoms with Crippen LogP contribution in [0.25, 0.3) is 0 Å². The maximum Gasteiger partial charge on any atom is 0.143 e. The predicted octanol–water partition coefficient (Wildman–Crippen LogP) is 2.73. The number of aliphatic hydroxyl groups is 1. The molecule has 60 valence electrons. The lowest BCUT2D eigenvalue weighted by molar-refractivity contribution is 0.281. The smallest absolute Gasteiger partial charge is 0.143 e. The summed E-state index contributed by atoms with van der Waals surface area (Å²) >= 11 is 8.56. The number of hydrogen-bond donors (Lipinski definition) is 1. The van der Waals surface area contributed by atoms with Crippen molar-refractivity contribution in [2.75, 3.05) is 0 Å². The van der Waals surface area contributed by atoms with Crippen molar-refractivity contribution in [3.05, 3.63) is 33.0 Å². The molecular weight excluding hydrogens is 234 g/mol. The Morgan fingerprint density at radius 3 is 2.64 bits per heavy atom. The third kappa shape index (κ3) is 1.92. The summed E-state index contributed by atoms with van der Waals surface area (Å²) in [6.45, 7) is -0.188. The summed E-state index contributed by atoms with van der Waals surface area (Å²) in [7, 11) is 0. The van der Waals surface area contributed by atoms with Gasteiger partial charge in [0.05, 0.1) is 11.6 Å². The van der Waals surface area contributed by atoms with Crippen LogP contribution in [0.15, 0.2) is 16.6 Å². The van der Waals surface area contributed by atoms with Gasteiger partial charge in [0.15, 0.2) is 0 Å². The lowest BCUT2D eigenvalue weighted by atomic mass is 10.2. The summed E-state index contributed by atoms with van der Waals surface area (Å²) in [5.74, 6) is -0.523. The Morgan fingerprint density at radius 2 is 2.18 bits per heavy atom. The van der Waals surface area contributed by atoms with E-state index in [2.05, 4.69) is 15.9 Å². The maximum atomic E-state index is 12.8. The van der Waals surface area contributed by atoms with E-state index in [4.69, 9.17) is 16.7 Å². The summed E-state index contributed by atoms with van der Waals surface area (Å²) in [5, 5.41) is 8.69. The van der Waals surface area contributed by atoms with Crippen molar-refractivity contribution in [3.63, 3.8) is 0 Å². The Hall–Kier alpha value is -0.120. The first-order valence-corrected chi connectivity index (χ1v) is 4.06. The third-order valence-electron chi connectivity index (χ3n) is 1.23. The number of hydrogen-bond acceptors (Lipinski definition) is 1. The Morgan fingerprint density at radius 1 is 1.55 bits per heavy atom. The van der Waals surface area contributed by atoms with Gasteiger partial charge in [-0.2, -0.15) is 0 Å². The molecule has 11 heavy (non-hydrogen) atoms. The fraction of sp³-hybridized carbons (Fsp3) is 0.143. The van der Waals surface area contributed by atoms with Crippen molar-refractivity contribution in [1.82, 2.24) is 0 Å². The van der Waals surface area contributed by atoms with Crippen molar-refractivity contribution in [1.29, 1.82) is 0 Å². The van der Waals surface area contributed by atoms with Crippen molar-refractivity contribution in [2.24, 2.45) is 0 Å². The number of benzene rings is 1. The average Bonchev–Trinajstić information content (AvgIpc) is 1.99. The van der Waals surface area contributed by atoms with Crippen LogP contribution < -0.4 is 0 Å². The Balaban J connectivity index is 3.21. The van der Waals surface area contributed by atoms with E-state index in [1.807, 2.05) is 0 Å². The Kier molecular flexibility index (Phi) is 2.87. The predicted molar refractivity (Wildman–Crippen MR) is 45.0 cm³/mol. The van der Waals surface area contributed by atoms with Crippen molar-refractivity contribution in [3.8, 4) is 0 Å². The molecule has 4 heteroatoms. The molecule has 0 amide bonds. The van der Waals surface area contributed by atoms with Crippen LogP contribution in [0.4, 0.5) is 4.39 Å². The second kappa shape index (κ2) is 3.52. The molecule has 1 rings (SSSR count). The van der Waals surface area contributed by atoms with Gasteiger partial charge in [0, 0.05) is 4.47 Å². The molecule has 1 aromatic carbocycles. The van der Waals surface area contributed by atoms with Gasteiger partial charge in [0.2, 0.25) is 0 Å². The highest BCUT2D eigenvalue weighted by atomic mass is 79.9. The van der Waals surface area contributed by atoms with Gasteiger partial charge in [0.25, 0.3) is 0 Å². The summed E-state index contributed by atoms with van der Waals surface area (Å²) in [4.78, 5) is 0. The highest BCUT2D eigenvalue weighted by Crippen LogP contribution is 2.26. The summed E-state index contributed by atoms with van der Waals surface area (Å²) in [6, 6.07) is 2.78. The molecule has 0 aliphatic heterocycles. The zero-order valence-electron chi connectivity index (χ0n) is 5.44. The first-order chi connectivity index (χ1) is 5.15. The Labute approximate surface area is 76.9 Å². The summed E-state index contributed by atoms with van der Waals surface area (Å²) < 4.78 is 13.2. The fourth-order valence-corrected chi connectivity index (χ4v) is 1.29. The van der Waals surface area contributed by atoms with Gasteiger partial charge >= 0.3 is 0 Å². The van der Waals surface area contributed by atoms with Crippen molar-refractivity contribution in [2.45, 2.75) is 6.61 Å². The van der Waals surface area contributed by atoms with Crippen molar-refractivity contribution >= 4 is 27.5 Å². The lowest BCUT2D eigenvalue weighted by Crippen LogP contribution is -1.86. The SMILES string of the molecule is OCc1cc(F)c(Cl)c(Br)c1. The van der Waals surface area contributed by atoms with E-state index in [9.17, 15) is 4.39 Å². The molecule has 0 radical (unpaired) electrons. The molecule has 0 atom stereocenters. The average molecular weight is 239 g/mol. The molecule has 0 spiro atoms. The first-order valence-electron chi connectivity index (χ1n) is 2.89. The van der Waals surface area contributed by atoms with E-state index in [1.54, 1.807) is 6.07 Å². The molecule has 0 fully saturated rings. The van der Waals surface area contributed by atoms with Gasteiger partial charge in [-0.25, -0.2) is 4.39 Å². The minimum absolute atomic E-state index is 0.0437. The molecule has 1 N–H and O–H groups in total. The van der Waals surface area contributed by atoms with E-state index in [1.165, 1.54) is 6.07 Å². The minimum Gasteiger partial charge on any atom is -0.392 e. The van der Waals surface area contributed by atoms with Crippen LogP contribution >= 0.6 is 27.5 Å². The van der Waals surface area contributed by atoms with Crippen LogP contribution in [-0.2, 0) is 6.61 Å². The molecule has 1 nitrogen and oxygen atoms in total. The molecule has 0 unspecified atom stereocenters. The number of rotatable bonds is 1. The molecule has 0 saturated heterocycles. The largest absolute Gasteiger partial charge is 0.392 e. The van der Waals surface area contributed by atoms with Gasteiger partial charge < -0.3 is 5.11 Å². The van der Waals surface area contributed by atoms with E-state index in [0.29, 0.717) is 10.0 Å². The minimum atomic E-state index is -0.523. The van der Waals surface area contributed by atoms with Crippen LogP contribution in [0.1, 0.15) is 5.56 Å². The van der Waals surface area contributed by atoms with Gasteiger partial charge in [-0.15, -0.1) is 0 Å². The van der Waals surface area contributed by atoms with Crippen LogP contribution in [0.5, 0.6) is 0 Å². The zero-order chi connectivity index (χ0) is 8.43. The van der Waals surface area contributed by atoms with E-state index < -0.39 is 5.82 Å². The first kappa shape index (κ1) is 8.97. The number of aliphatic hydroxyl groups excluding tert-OH is 1. The molecular formula is C7H5BrClFO. The monoisotopic (exact) mass is 238 g/mol. The summed E-state index contributed by atoms with van der Waals surface area (Å²) in [5.41, 5.74) is 0.499. The van der Waals surface area contributed by atoms with Crippen LogP contribution in [0, 0.1) is 5.82 Å². The highest BCUT2D eigenvalue weighted by Gasteiger charge is 2.05.